The Morgan fingerprint density at radius 2 is 2.11 bits per heavy atom. The molecule has 1 saturated carbocycles. The molecule has 0 bridgehead atoms. The van der Waals surface area contributed by atoms with E-state index in [1.807, 2.05) is 11.1 Å². The molecule has 1 aliphatic carbocycles. The van der Waals surface area contributed by atoms with E-state index in [4.69, 9.17) is 4.74 Å². The summed E-state index contributed by atoms with van der Waals surface area (Å²) in [5.74, 6) is 1.60. The largest absolute Gasteiger partial charge is 0.492 e. The van der Waals surface area contributed by atoms with Crippen LogP contribution < -0.4 is 15.0 Å². The first-order valence-electron chi connectivity index (χ1n) is 10.5. The molecule has 1 N–H and O–H groups in total. The fraction of sp³-hybridized carbons (Fsp3) is 0.545. The summed E-state index contributed by atoms with van der Waals surface area (Å²) in [6.07, 6.45) is 8.42. The van der Waals surface area contributed by atoms with Crippen LogP contribution in [0.25, 0.3) is 11.1 Å². The molecule has 1 aromatic carbocycles. The van der Waals surface area contributed by atoms with Crippen molar-refractivity contribution in [2.75, 3.05) is 24.6 Å². The maximum Gasteiger partial charge on any atom is 0.224 e. The summed E-state index contributed by atoms with van der Waals surface area (Å²) in [4.78, 5) is 14.2. The molecule has 3 aliphatic rings. The van der Waals surface area contributed by atoms with Gasteiger partial charge in [0.15, 0.2) is 0 Å². The van der Waals surface area contributed by atoms with Crippen LogP contribution in [-0.2, 0) is 11.2 Å². The fourth-order valence-corrected chi connectivity index (χ4v) is 4.36. The third-order valence-electron chi connectivity index (χ3n) is 6.25. The van der Waals surface area contributed by atoms with Gasteiger partial charge >= 0.3 is 0 Å². The van der Waals surface area contributed by atoms with Gasteiger partial charge in [0, 0.05) is 54.9 Å². The molecule has 0 radical (unpaired) electrons. The van der Waals surface area contributed by atoms with Gasteiger partial charge in [-0.3, -0.25) is 9.48 Å². The quantitative estimate of drug-likeness (QED) is 0.866. The molecule has 2 aromatic rings. The highest BCUT2D eigenvalue weighted by atomic mass is 16.5. The van der Waals surface area contributed by atoms with E-state index in [1.165, 1.54) is 12.8 Å². The Bertz CT molecular complexity index is 898. The van der Waals surface area contributed by atoms with Gasteiger partial charge in [0.2, 0.25) is 5.91 Å². The molecule has 5 rings (SSSR count). The molecule has 0 unspecified atom stereocenters. The number of hydrogen-bond acceptors (Lipinski definition) is 4. The van der Waals surface area contributed by atoms with Gasteiger partial charge in [0.1, 0.15) is 5.75 Å². The van der Waals surface area contributed by atoms with Crippen LogP contribution in [0.3, 0.4) is 0 Å². The van der Waals surface area contributed by atoms with Gasteiger partial charge < -0.3 is 15.0 Å². The molecule has 6 nitrogen and oxygen atoms in total. The number of ether oxygens (including phenoxy) is 1. The average Bonchev–Trinajstić information content (AvgIpc) is 3.37. The van der Waals surface area contributed by atoms with Crippen molar-refractivity contribution in [1.29, 1.82) is 0 Å². The van der Waals surface area contributed by atoms with Crippen molar-refractivity contribution in [3.63, 3.8) is 0 Å². The molecule has 6 heteroatoms. The van der Waals surface area contributed by atoms with Crippen LogP contribution in [0.1, 0.15) is 44.7 Å². The number of nitrogens with zero attached hydrogens (tertiary/aromatic N) is 3. The molecule has 3 heterocycles. The minimum absolute atomic E-state index is 0.0943. The Labute approximate surface area is 165 Å². The highest BCUT2D eigenvalue weighted by Crippen LogP contribution is 2.44. The lowest BCUT2D eigenvalue weighted by molar-refractivity contribution is -0.117. The van der Waals surface area contributed by atoms with Crippen LogP contribution in [0.15, 0.2) is 24.5 Å². The molecule has 148 valence electrons. The van der Waals surface area contributed by atoms with E-state index in [9.17, 15) is 4.79 Å². The number of benzene rings is 1. The highest BCUT2D eigenvalue weighted by Gasteiger charge is 2.31. The summed E-state index contributed by atoms with van der Waals surface area (Å²) < 4.78 is 8.51. The third kappa shape index (κ3) is 3.09. The van der Waals surface area contributed by atoms with Crippen molar-refractivity contribution in [1.82, 2.24) is 15.1 Å². The Morgan fingerprint density at radius 3 is 2.79 bits per heavy atom. The number of fused-ring (bicyclic) bond motifs is 1. The second kappa shape index (κ2) is 6.92. The lowest BCUT2D eigenvalue weighted by atomic mass is 9.92. The summed E-state index contributed by atoms with van der Waals surface area (Å²) >= 11 is 0. The van der Waals surface area contributed by atoms with E-state index in [-0.39, 0.29) is 11.9 Å². The molecule has 2 fully saturated rings. The van der Waals surface area contributed by atoms with Crippen LogP contribution in [-0.4, -0.2) is 41.4 Å². The number of hydrogen-bond donors (Lipinski definition) is 1. The molecule has 1 aromatic heterocycles. The summed E-state index contributed by atoms with van der Waals surface area (Å²) in [5, 5.41) is 7.88. The zero-order valence-electron chi connectivity index (χ0n) is 16.6. The van der Waals surface area contributed by atoms with Crippen LogP contribution in [0, 0.1) is 5.92 Å². The van der Waals surface area contributed by atoms with Gasteiger partial charge in [-0.1, -0.05) is 0 Å². The summed E-state index contributed by atoms with van der Waals surface area (Å²) in [6, 6.07) is 4.98. The summed E-state index contributed by atoms with van der Waals surface area (Å²) in [6.45, 7) is 6.52. The first kappa shape index (κ1) is 17.7. The van der Waals surface area contributed by atoms with E-state index in [2.05, 4.69) is 40.4 Å². The Hall–Kier alpha value is -2.34. The van der Waals surface area contributed by atoms with Crippen LogP contribution in [0.4, 0.5) is 5.69 Å². The molecule has 2 aliphatic heterocycles. The average molecular weight is 380 g/mol. The standard InChI is InChI=1S/C22H28N4O2/c1-14-3-6-20-21(26(14)15(2)27)8-7-19(22(20)28-13-16-9-23-10-16)17-11-24-25(12-17)18-4-5-18/h7-8,11-12,14,16,18,23H,3-6,9-10,13H2,1-2H3/t14-/m0/s1. The number of carbonyl (C=O) groups excluding carboxylic acids is 1. The first-order chi connectivity index (χ1) is 13.6. The molecular formula is C22H28N4O2. The zero-order valence-corrected chi connectivity index (χ0v) is 16.6. The fourth-order valence-electron chi connectivity index (χ4n) is 4.36. The smallest absolute Gasteiger partial charge is 0.224 e. The van der Waals surface area contributed by atoms with Crippen molar-refractivity contribution in [2.24, 2.45) is 5.92 Å². The second-order valence-electron chi connectivity index (χ2n) is 8.49. The molecular weight excluding hydrogens is 352 g/mol. The minimum Gasteiger partial charge on any atom is -0.492 e. The number of rotatable bonds is 5. The number of nitrogens with one attached hydrogen (secondary N) is 1. The SMILES string of the molecule is CC(=O)N1c2ccc(-c3cnn(C4CC4)c3)c(OCC3CNC3)c2CC[C@@H]1C. The van der Waals surface area contributed by atoms with Gasteiger partial charge in [0.25, 0.3) is 0 Å². The van der Waals surface area contributed by atoms with Crippen molar-refractivity contribution >= 4 is 11.6 Å². The normalized spacial score (nSPS) is 21.9. The number of carbonyl (C=O) groups is 1. The maximum atomic E-state index is 12.3. The second-order valence-corrected chi connectivity index (χ2v) is 8.49. The highest BCUT2D eigenvalue weighted by molar-refractivity contribution is 5.95. The van der Waals surface area contributed by atoms with Crippen LogP contribution >= 0.6 is 0 Å². The Morgan fingerprint density at radius 1 is 1.29 bits per heavy atom. The van der Waals surface area contributed by atoms with Gasteiger partial charge in [-0.05, 0) is 44.7 Å². The Kier molecular flexibility index (Phi) is 4.38. The maximum absolute atomic E-state index is 12.3. The number of anilines is 1. The van der Waals surface area contributed by atoms with E-state index in [0.717, 1.165) is 54.1 Å². The molecule has 1 amide bonds. The van der Waals surface area contributed by atoms with Gasteiger partial charge in [-0.15, -0.1) is 0 Å². The van der Waals surface area contributed by atoms with E-state index >= 15 is 0 Å². The van der Waals surface area contributed by atoms with Crippen LogP contribution in [0.2, 0.25) is 0 Å². The van der Waals surface area contributed by atoms with Crippen molar-refractivity contribution < 1.29 is 9.53 Å². The number of amides is 1. The zero-order chi connectivity index (χ0) is 19.3. The minimum atomic E-state index is 0.0943. The lowest BCUT2D eigenvalue weighted by Crippen LogP contribution is -2.45. The number of aromatic nitrogens is 2. The topological polar surface area (TPSA) is 59.4 Å². The van der Waals surface area contributed by atoms with E-state index in [0.29, 0.717) is 18.6 Å². The van der Waals surface area contributed by atoms with Gasteiger partial charge in [-0.2, -0.15) is 5.10 Å². The summed E-state index contributed by atoms with van der Waals surface area (Å²) in [7, 11) is 0. The summed E-state index contributed by atoms with van der Waals surface area (Å²) in [5.41, 5.74) is 4.36. The molecule has 1 saturated heterocycles. The van der Waals surface area contributed by atoms with Crippen molar-refractivity contribution in [3.05, 3.63) is 30.1 Å². The first-order valence-corrected chi connectivity index (χ1v) is 10.5. The molecule has 0 spiro atoms. The third-order valence-corrected chi connectivity index (χ3v) is 6.25. The predicted molar refractivity (Wildman–Crippen MR) is 109 cm³/mol. The molecule has 1 atom stereocenters. The molecule has 28 heavy (non-hydrogen) atoms. The van der Waals surface area contributed by atoms with Crippen molar-refractivity contribution in [3.8, 4) is 16.9 Å². The van der Waals surface area contributed by atoms with E-state index < -0.39 is 0 Å². The van der Waals surface area contributed by atoms with Crippen LogP contribution in [0.5, 0.6) is 5.75 Å². The lowest BCUT2D eigenvalue weighted by Gasteiger charge is -2.36. The predicted octanol–water partition coefficient (Wildman–Crippen LogP) is 3.17. The monoisotopic (exact) mass is 380 g/mol. The van der Waals surface area contributed by atoms with Gasteiger partial charge in [-0.25, -0.2) is 0 Å². The van der Waals surface area contributed by atoms with Gasteiger partial charge in [0.05, 0.1) is 24.5 Å². The Balaban J connectivity index is 1.56. The van der Waals surface area contributed by atoms with E-state index in [1.54, 1.807) is 6.92 Å². The van der Waals surface area contributed by atoms with Crippen molar-refractivity contribution in [2.45, 2.75) is 51.6 Å².